The quantitative estimate of drug-likeness (QED) is 0.533. The zero-order chi connectivity index (χ0) is 11.2. The highest BCUT2D eigenvalue weighted by Gasteiger charge is 1.88. The van der Waals surface area contributed by atoms with Crippen molar-refractivity contribution in [1.82, 2.24) is 0 Å². The van der Waals surface area contributed by atoms with E-state index >= 15 is 0 Å². The molecule has 0 saturated heterocycles. The molecule has 0 radical (unpaired) electrons. The van der Waals surface area contributed by atoms with Crippen molar-refractivity contribution in [3.63, 3.8) is 0 Å². The van der Waals surface area contributed by atoms with Crippen LogP contribution in [0.2, 0.25) is 0 Å². The van der Waals surface area contributed by atoms with Crippen LogP contribution in [-0.4, -0.2) is 19.1 Å². The topological polar surface area (TPSA) is 52.3 Å². The molecule has 14 heavy (non-hydrogen) atoms. The number of carbonyl (C=O) groups excluding carboxylic acids is 1. The van der Waals surface area contributed by atoms with Gasteiger partial charge in [-0.15, -0.1) is 0 Å². The smallest absolute Gasteiger partial charge is 0.302 e. The van der Waals surface area contributed by atoms with Gasteiger partial charge in [-0.1, -0.05) is 33.1 Å². The van der Waals surface area contributed by atoms with Gasteiger partial charge in [0, 0.05) is 6.92 Å². The van der Waals surface area contributed by atoms with Crippen LogP contribution in [0.3, 0.4) is 0 Å². The first-order valence-corrected chi connectivity index (χ1v) is 5.52. The molecule has 0 aliphatic rings. The van der Waals surface area contributed by atoms with E-state index in [1.54, 1.807) is 0 Å². The minimum Gasteiger partial charge on any atom is -0.466 e. The van der Waals surface area contributed by atoms with Gasteiger partial charge in [-0.3, -0.25) is 4.79 Å². The summed E-state index contributed by atoms with van der Waals surface area (Å²) in [4.78, 5) is 10.1. The number of carbonyl (C=O) groups is 1. The van der Waals surface area contributed by atoms with E-state index in [0.29, 0.717) is 6.61 Å². The molecule has 3 heteroatoms. The van der Waals surface area contributed by atoms with Gasteiger partial charge in [-0.25, -0.2) is 0 Å². The van der Waals surface area contributed by atoms with Gasteiger partial charge in [0.2, 0.25) is 0 Å². The van der Waals surface area contributed by atoms with Crippen molar-refractivity contribution in [3.8, 4) is 0 Å². The van der Waals surface area contributed by atoms with Crippen LogP contribution in [0.4, 0.5) is 0 Å². The standard InChI is InChI=1S/C6H12O2.C5H13N/c1-3-4-5-8-6(2)7;1-2-3-4-5-6/h3-5H2,1-2H3;2-6H2,1H3. The number of ether oxygens (including phenoxy) is 1. The Kier molecular flexibility index (Phi) is 16.9. The fraction of sp³-hybridized carbons (Fsp3) is 0.909. The lowest BCUT2D eigenvalue weighted by Crippen LogP contribution is -1.99. The summed E-state index contributed by atoms with van der Waals surface area (Å²) >= 11 is 0. The maximum Gasteiger partial charge on any atom is 0.302 e. The molecular formula is C11H25NO2. The fourth-order valence-corrected chi connectivity index (χ4v) is 0.755. The number of esters is 1. The number of hydrogen-bond donors (Lipinski definition) is 1. The van der Waals surface area contributed by atoms with Gasteiger partial charge in [0.15, 0.2) is 0 Å². The highest BCUT2D eigenvalue weighted by Crippen LogP contribution is 1.88. The molecule has 0 fully saturated rings. The third-order valence-electron chi connectivity index (χ3n) is 1.61. The Hall–Kier alpha value is -0.570. The molecule has 3 nitrogen and oxygen atoms in total. The summed E-state index contributed by atoms with van der Waals surface area (Å²) in [7, 11) is 0. The SMILES string of the molecule is CCCCCN.CCCCOC(C)=O. The average Bonchev–Trinajstić information content (AvgIpc) is 2.16. The Morgan fingerprint density at radius 1 is 1.14 bits per heavy atom. The molecule has 0 rings (SSSR count). The van der Waals surface area contributed by atoms with Gasteiger partial charge >= 0.3 is 5.97 Å². The second-order valence-electron chi connectivity index (χ2n) is 3.19. The van der Waals surface area contributed by atoms with Crippen LogP contribution in [0.1, 0.15) is 52.9 Å². The molecule has 0 aromatic rings. The van der Waals surface area contributed by atoms with Crippen LogP contribution in [0.25, 0.3) is 0 Å². The molecule has 0 amide bonds. The Bertz CT molecular complexity index is 112. The van der Waals surface area contributed by atoms with Gasteiger partial charge < -0.3 is 10.5 Å². The van der Waals surface area contributed by atoms with Crippen molar-refractivity contribution < 1.29 is 9.53 Å². The van der Waals surface area contributed by atoms with E-state index in [-0.39, 0.29) is 5.97 Å². The second kappa shape index (κ2) is 14.9. The van der Waals surface area contributed by atoms with Crippen LogP contribution in [0, 0.1) is 0 Å². The van der Waals surface area contributed by atoms with E-state index in [4.69, 9.17) is 5.73 Å². The monoisotopic (exact) mass is 203 g/mol. The molecule has 0 aliphatic carbocycles. The molecule has 2 N–H and O–H groups in total. The molecule has 0 aromatic carbocycles. The summed E-state index contributed by atoms with van der Waals surface area (Å²) in [5.41, 5.74) is 5.21. The molecular weight excluding hydrogens is 178 g/mol. The van der Waals surface area contributed by atoms with E-state index in [1.807, 2.05) is 0 Å². The number of rotatable bonds is 6. The Morgan fingerprint density at radius 3 is 2.00 bits per heavy atom. The Balaban J connectivity index is 0. The summed E-state index contributed by atoms with van der Waals surface area (Å²) in [5.74, 6) is -0.182. The van der Waals surface area contributed by atoms with Crippen molar-refractivity contribution in [2.24, 2.45) is 5.73 Å². The minimum atomic E-state index is -0.182. The zero-order valence-electron chi connectivity index (χ0n) is 9.84. The van der Waals surface area contributed by atoms with Crippen molar-refractivity contribution in [2.45, 2.75) is 52.9 Å². The lowest BCUT2D eigenvalue weighted by molar-refractivity contribution is -0.141. The third-order valence-corrected chi connectivity index (χ3v) is 1.61. The Morgan fingerprint density at radius 2 is 1.71 bits per heavy atom. The highest BCUT2D eigenvalue weighted by atomic mass is 16.5. The van der Waals surface area contributed by atoms with E-state index < -0.39 is 0 Å². The molecule has 0 bridgehead atoms. The summed E-state index contributed by atoms with van der Waals surface area (Å²) in [6.07, 6.45) is 5.80. The average molecular weight is 203 g/mol. The first-order valence-electron chi connectivity index (χ1n) is 5.52. The summed E-state index contributed by atoms with van der Waals surface area (Å²) in [6, 6.07) is 0. The van der Waals surface area contributed by atoms with Gasteiger partial charge in [0.25, 0.3) is 0 Å². The maximum atomic E-state index is 10.1. The van der Waals surface area contributed by atoms with Crippen molar-refractivity contribution in [1.29, 1.82) is 0 Å². The van der Waals surface area contributed by atoms with Gasteiger partial charge in [-0.05, 0) is 19.4 Å². The molecule has 0 aliphatic heterocycles. The lowest BCUT2D eigenvalue weighted by atomic mass is 10.3. The van der Waals surface area contributed by atoms with Gasteiger partial charge in [-0.2, -0.15) is 0 Å². The molecule has 0 aromatic heterocycles. The number of nitrogens with two attached hydrogens (primary N) is 1. The number of hydrogen-bond acceptors (Lipinski definition) is 3. The zero-order valence-corrected chi connectivity index (χ0v) is 9.84. The van der Waals surface area contributed by atoms with Crippen molar-refractivity contribution in [2.75, 3.05) is 13.2 Å². The van der Waals surface area contributed by atoms with E-state index in [2.05, 4.69) is 18.6 Å². The normalized spacial score (nSPS) is 8.86. The highest BCUT2D eigenvalue weighted by molar-refractivity contribution is 5.65. The maximum absolute atomic E-state index is 10.1. The third kappa shape index (κ3) is 22.5. The van der Waals surface area contributed by atoms with Crippen molar-refractivity contribution >= 4 is 5.97 Å². The van der Waals surface area contributed by atoms with Crippen LogP contribution >= 0.6 is 0 Å². The molecule has 0 atom stereocenters. The summed E-state index contributed by atoms with van der Waals surface area (Å²) < 4.78 is 4.64. The minimum absolute atomic E-state index is 0.182. The van der Waals surface area contributed by atoms with Crippen LogP contribution in [0.15, 0.2) is 0 Å². The van der Waals surface area contributed by atoms with Gasteiger partial charge in [0.1, 0.15) is 0 Å². The predicted octanol–water partition coefficient (Wildman–Crippen LogP) is 2.48. The molecule has 86 valence electrons. The van der Waals surface area contributed by atoms with E-state index in [9.17, 15) is 4.79 Å². The van der Waals surface area contributed by atoms with E-state index in [1.165, 1.54) is 26.2 Å². The van der Waals surface area contributed by atoms with E-state index in [0.717, 1.165) is 19.4 Å². The number of unbranched alkanes of at least 4 members (excludes halogenated alkanes) is 3. The predicted molar refractivity (Wildman–Crippen MR) is 60.1 cm³/mol. The first-order chi connectivity index (χ1) is 6.68. The summed E-state index contributed by atoms with van der Waals surface area (Å²) in [6.45, 7) is 7.09. The molecule has 0 heterocycles. The van der Waals surface area contributed by atoms with Crippen LogP contribution < -0.4 is 5.73 Å². The first kappa shape index (κ1) is 15.9. The van der Waals surface area contributed by atoms with Crippen LogP contribution in [-0.2, 0) is 9.53 Å². The molecule has 0 unspecified atom stereocenters. The molecule has 0 spiro atoms. The lowest BCUT2D eigenvalue weighted by Gasteiger charge is -1.96. The second-order valence-corrected chi connectivity index (χ2v) is 3.19. The fourth-order valence-electron chi connectivity index (χ4n) is 0.755. The van der Waals surface area contributed by atoms with Gasteiger partial charge in [0.05, 0.1) is 6.61 Å². The molecule has 0 saturated carbocycles. The van der Waals surface area contributed by atoms with Crippen molar-refractivity contribution in [3.05, 3.63) is 0 Å². The summed E-state index contributed by atoms with van der Waals surface area (Å²) in [5, 5.41) is 0. The van der Waals surface area contributed by atoms with Crippen LogP contribution in [0.5, 0.6) is 0 Å². The largest absolute Gasteiger partial charge is 0.466 e. The Labute approximate surface area is 88.0 Å².